The molecule has 0 aliphatic heterocycles. The van der Waals surface area contributed by atoms with E-state index in [1.54, 1.807) is 0 Å². The first-order valence-electron chi connectivity index (χ1n) is 9.08. The Morgan fingerprint density at radius 2 is 2.15 bits per heavy atom. The fraction of sp³-hybridized carbons (Fsp3) is 0.526. The molecule has 0 radical (unpaired) electrons. The van der Waals surface area contributed by atoms with Gasteiger partial charge >= 0.3 is 0 Å². The normalized spacial score (nSPS) is 25.5. The van der Waals surface area contributed by atoms with Crippen LogP contribution in [0, 0.1) is 11.7 Å². The van der Waals surface area contributed by atoms with Gasteiger partial charge in [-0.3, -0.25) is 14.6 Å². The number of nitrogens with one attached hydrogen (secondary N) is 2. The first-order valence-corrected chi connectivity index (χ1v) is 9.08. The van der Waals surface area contributed by atoms with Gasteiger partial charge in [-0.25, -0.2) is 4.39 Å². The average molecular weight is 361 g/mol. The van der Waals surface area contributed by atoms with Gasteiger partial charge in [-0.05, 0) is 44.6 Å². The van der Waals surface area contributed by atoms with Crippen LogP contribution >= 0.6 is 0 Å². The average Bonchev–Trinajstić information content (AvgIpc) is 3.01. The molecule has 2 amide bonds. The lowest BCUT2D eigenvalue weighted by Crippen LogP contribution is -2.40. The van der Waals surface area contributed by atoms with Crippen molar-refractivity contribution >= 4 is 11.8 Å². The first-order chi connectivity index (χ1) is 12.5. The summed E-state index contributed by atoms with van der Waals surface area (Å²) in [6.45, 7) is 0.546. The molecule has 0 aromatic carbocycles. The van der Waals surface area contributed by atoms with Gasteiger partial charge in [-0.1, -0.05) is 11.6 Å². The van der Waals surface area contributed by atoms with E-state index in [0.717, 1.165) is 25.5 Å². The molecule has 3 rings (SSSR count). The Kier molecular flexibility index (Phi) is 5.98. The lowest BCUT2D eigenvalue weighted by molar-refractivity contribution is -0.124. The van der Waals surface area contributed by atoms with Gasteiger partial charge in [0.15, 0.2) is 5.82 Å². The highest BCUT2D eigenvalue weighted by Gasteiger charge is 2.38. The van der Waals surface area contributed by atoms with E-state index in [9.17, 15) is 19.1 Å². The van der Waals surface area contributed by atoms with Crippen molar-refractivity contribution in [2.45, 2.75) is 50.7 Å². The van der Waals surface area contributed by atoms with Crippen molar-refractivity contribution in [3.8, 4) is 0 Å². The van der Waals surface area contributed by atoms with Crippen molar-refractivity contribution < 1.29 is 19.1 Å². The molecule has 0 bridgehead atoms. The van der Waals surface area contributed by atoms with E-state index < -0.39 is 23.9 Å². The van der Waals surface area contributed by atoms with Gasteiger partial charge in [-0.15, -0.1) is 0 Å². The number of hydrogen-bond donors (Lipinski definition) is 3. The number of pyridine rings is 1. The summed E-state index contributed by atoms with van der Waals surface area (Å²) in [6, 6.07) is 0.716. The number of carbonyl (C=O) groups is 2. The molecule has 140 valence electrons. The van der Waals surface area contributed by atoms with Gasteiger partial charge in [-0.2, -0.15) is 0 Å². The number of nitrogens with zero attached hydrogens (tertiary/aromatic N) is 1. The van der Waals surface area contributed by atoms with E-state index >= 15 is 0 Å². The third-order valence-electron chi connectivity index (χ3n) is 5.11. The molecule has 0 spiro atoms. The van der Waals surface area contributed by atoms with Crippen LogP contribution in [0.2, 0.25) is 0 Å². The van der Waals surface area contributed by atoms with Gasteiger partial charge in [0, 0.05) is 18.7 Å². The number of rotatable bonds is 5. The molecular weight excluding hydrogens is 337 g/mol. The molecule has 0 saturated heterocycles. The van der Waals surface area contributed by atoms with Crippen LogP contribution in [0.25, 0.3) is 0 Å². The number of aromatic nitrogens is 1. The molecule has 6 nitrogen and oxygen atoms in total. The Balaban J connectivity index is 1.52. The smallest absolute Gasteiger partial charge is 0.254 e. The molecule has 26 heavy (non-hydrogen) atoms. The highest BCUT2D eigenvalue weighted by atomic mass is 19.1. The largest absolute Gasteiger partial charge is 0.391 e. The number of aliphatic hydroxyl groups is 1. The molecule has 1 fully saturated rings. The van der Waals surface area contributed by atoms with E-state index in [-0.39, 0.29) is 23.8 Å². The second kappa shape index (κ2) is 8.40. The number of halogens is 1. The van der Waals surface area contributed by atoms with Gasteiger partial charge < -0.3 is 15.7 Å². The van der Waals surface area contributed by atoms with Crippen molar-refractivity contribution in [3.63, 3.8) is 0 Å². The zero-order valence-electron chi connectivity index (χ0n) is 14.6. The molecular formula is C19H24FN3O3. The summed E-state index contributed by atoms with van der Waals surface area (Å²) >= 11 is 0. The lowest BCUT2D eigenvalue weighted by atomic mass is 9.99. The molecule has 1 saturated carbocycles. The first kappa shape index (κ1) is 18.5. The Morgan fingerprint density at radius 1 is 1.31 bits per heavy atom. The van der Waals surface area contributed by atoms with Gasteiger partial charge in [0.05, 0.1) is 23.9 Å². The van der Waals surface area contributed by atoms with Crippen molar-refractivity contribution in [1.29, 1.82) is 0 Å². The Bertz CT molecular complexity index is 707. The molecule has 2 aliphatic carbocycles. The number of carbonyl (C=O) groups excluding carboxylic acids is 2. The maximum atomic E-state index is 13.6. The SMILES string of the molecule is O=C(N[C@H]1C[C@H](C(=O)NCC2=CCCCC2)C[C@@H]1O)c1ccncc1F. The fourth-order valence-corrected chi connectivity index (χ4v) is 3.60. The van der Waals surface area contributed by atoms with Crippen LogP contribution in [0.5, 0.6) is 0 Å². The van der Waals surface area contributed by atoms with Crippen LogP contribution < -0.4 is 10.6 Å². The van der Waals surface area contributed by atoms with Gasteiger partial charge in [0.25, 0.3) is 5.91 Å². The van der Waals surface area contributed by atoms with Crippen molar-refractivity contribution in [2.24, 2.45) is 5.92 Å². The van der Waals surface area contributed by atoms with Crippen LogP contribution in [0.3, 0.4) is 0 Å². The van der Waals surface area contributed by atoms with Crippen LogP contribution in [0.4, 0.5) is 4.39 Å². The molecule has 1 heterocycles. The molecule has 1 aromatic heterocycles. The Morgan fingerprint density at radius 3 is 2.88 bits per heavy atom. The number of allylic oxidation sites excluding steroid dienone is 1. The van der Waals surface area contributed by atoms with Crippen molar-refractivity contribution in [1.82, 2.24) is 15.6 Å². The topological polar surface area (TPSA) is 91.3 Å². The predicted molar refractivity (Wildman–Crippen MR) is 93.7 cm³/mol. The zero-order valence-corrected chi connectivity index (χ0v) is 14.6. The molecule has 3 N–H and O–H groups in total. The standard InChI is InChI=1S/C19H24FN3O3/c20-15-11-21-7-6-14(15)19(26)23-16-8-13(9-17(16)24)18(25)22-10-12-4-2-1-3-5-12/h4,6-7,11,13,16-17,24H,1-3,5,8-10H2,(H,22,25)(H,23,26)/t13-,16-,17-/m0/s1. The zero-order chi connectivity index (χ0) is 18.5. The minimum Gasteiger partial charge on any atom is -0.391 e. The van der Waals surface area contributed by atoms with Crippen LogP contribution in [0.1, 0.15) is 48.9 Å². The highest BCUT2D eigenvalue weighted by Crippen LogP contribution is 2.27. The van der Waals surface area contributed by atoms with Crippen LogP contribution in [-0.4, -0.2) is 40.6 Å². The Labute approximate surface area is 151 Å². The van der Waals surface area contributed by atoms with Gasteiger partial charge in [0.1, 0.15) is 0 Å². The third kappa shape index (κ3) is 4.46. The number of amides is 2. The predicted octanol–water partition coefficient (Wildman–Crippen LogP) is 1.71. The minimum absolute atomic E-state index is 0.109. The second-order valence-electron chi connectivity index (χ2n) is 7.00. The third-order valence-corrected chi connectivity index (χ3v) is 5.11. The fourth-order valence-electron chi connectivity index (χ4n) is 3.60. The summed E-state index contributed by atoms with van der Waals surface area (Å²) in [5.41, 5.74) is 1.13. The lowest BCUT2D eigenvalue weighted by Gasteiger charge is -2.17. The summed E-state index contributed by atoms with van der Waals surface area (Å²) < 4.78 is 13.6. The van der Waals surface area contributed by atoms with E-state index in [2.05, 4.69) is 21.7 Å². The maximum Gasteiger partial charge on any atom is 0.254 e. The molecule has 7 heteroatoms. The van der Waals surface area contributed by atoms with E-state index in [4.69, 9.17) is 0 Å². The highest BCUT2D eigenvalue weighted by molar-refractivity contribution is 5.94. The van der Waals surface area contributed by atoms with E-state index in [0.29, 0.717) is 13.0 Å². The Hall–Kier alpha value is -2.28. The van der Waals surface area contributed by atoms with E-state index in [1.807, 2.05) is 0 Å². The summed E-state index contributed by atoms with van der Waals surface area (Å²) in [5, 5.41) is 15.7. The summed E-state index contributed by atoms with van der Waals surface area (Å²) in [6.07, 6.45) is 8.72. The molecule has 2 aliphatic rings. The monoisotopic (exact) mass is 361 g/mol. The summed E-state index contributed by atoms with van der Waals surface area (Å²) in [5.74, 6) is -1.79. The molecule has 0 unspecified atom stereocenters. The number of hydrogen-bond acceptors (Lipinski definition) is 4. The molecule has 1 aromatic rings. The second-order valence-corrected chi connectivity index (χ2v) is 7.00. The van der Waals surface area contributed by atoms with E-state index in [1.165, 1.54) is 24.3 Å². The van der Waals surface area contributed by atoms with Crippen LogP contribution in [-0.2, 0) is 4.79 Å². The summed E-state index contributed by atoms with van der Waals surface area (Å²) in [4.78, 5) is 28.1. The van der Waals surface area contributed by atoms with Gasteiger partial charge in [0.2, 0.25) is 5.91 Å². The van der Waals surface area contributed by atoms with Crippen molar-refractivity contribution in [2.75, 3.05) is 6.54 Å². The maximum absolute atomic E-state index is 13.6. The van der Waals surface area contributed by atoms with Crippen LogP contribution in [0.15, 0.2) is 30.1 Å². The quantitative estimate of drug-likeness (QED) is 0.696. The van der Waals surface area contributed by atoms with Crippen molar-refractivity contribution in [3.05, 3.63) is 41.5 Å². The molecule has 3 atom stereocenters. The minimum atomic E-state index is -0.825. The summed E-state index contributed by atoms with van der Waals surface area (Å²) in [7, 11) is 0. The number of aliphatic hydroxyl groups excluding tert-OH is 1.